The third-order valence-corrected chi connectivity index (χ3v) is 4.21. The lowest BCUT2D eigenvalue weighted by atomic mass is 10.0. The maximum Gasteiger partial charge on any atom is 0.164 e. The van der Waals surface area contributed by atoms with Crippen molar-refractivity contribution in [3.8, 4) is 6.07 Å². The van der Waals surface area contributed by atoms with Crippen LogP contribution in [0.3, 0.4) is 0 Å². The average Bonchev–Trinajstić information content (AvgIpc) is 2.76. The predicted octanol–water partition coefficient (Wildman–Crippen LogP) is 2.44. The number of H-pyrrole nitrogens is 1. The van der Waals surface area contributed by atoms with Gasteiger partial charge in [0.2, 0.25) is 0 Å². The molecule has 2 rings (SSSR count). The lowest BCUT2D eigenvalue weighted by Gasteiger charge is -2.20. The molecule has 0 spiro atoms. The number of nitrogens with one attached hydrogen (secondary N) is 1. The average molecular weight is 236 g/mol. The van der Waals surface area contributed by atoms with Crippen LogP contribution in [0.2, 0.25) is 0 Å². The molecule has 0 atom stereocenters. The molecular weight excluding hydrogens is 220 g/mol. The molecule has 16 heavy (non-hydrogen) atoms. The van der Waals surface area contributed by atoms with Gasteiger partial charge in [-0.05, 0) is 12.8 Å². The molecule has 0 aromatic carbocycles. The molecule has 0 amide bonds. The second kappa shape index (κ2) is 5.90. The topological polar surface area (TPSA) is 65.4 Å². The van der Waals surface area contributed by atoms with E-state index in [0.717, 1.165) is 16.8 Å². The predicted molar refractivity (Wildman–Crippen MR) is 63.9 cm³/mol. The van der Waals surface area contributed by atoms with Crippen molar-refractivity contribution in [1.29, 1.82) is 5.26 Å². The van der Waals surface area contributed by atoms with E-state index in [0.29, 0.717) is 12.2 Å². The minimum atomic E-state index is 0.296. The second-order valence-corrected chi connectivity index (χ2v) is 5.39. The Labute approximate surface area is 99.8 Å². The van der Waals surface area contributed by atoms with Gasteiger partial charge in [0, 0.05) is 5.25 Å². The van der Waals surface area contributed by atoms with Crippen molar-refractivity contribution in [2.24, 2.45) is 0 Å². The summed E-state index contributed by atoms with van der Waals surface area (Å²) in [6.45, 7) is 0. The molecule has 1 heterocycles. The fraction of sp³-hybridized carbons (Fsp3) is 0.727. The van der Waals surface area contributed by atoms with Crippen LogP contribution in [-0.4, -0.2) is 20.4 Å². The van der Waals surface area contributed by atoms with Gasteiger partial charge in [-0.2, -0.15) is 22.1 Å². The van der Waals surface area contributed by atoms with E-state index in [1.807, 2.05) is 11.8 Å². The number of nitrogens with zero attached hydrogens (tertiary/aromatic N) is 3. The highest BCUT2D eigenvalue weighted by molar-refractivity contribution is 7.99. The molecule has 0 aliphatic heterocycles. The highest BCUT2D eigenvalue weighted by atomic mass is 32.2. The highest BCUT2D eigenvalue weighted by Crippen LogP contribution is 2.29. The maximum atomic E-state index is 8.51. The smallest absolute Gasteiger partial charge is 0.164 e. The Morgan fingerprint density at radius 1 is 1.38 bits per heavy atom. The van der Waals surface area contributed by atoms with Crippen molar-refractivity contribution in [3.05, 3.63) is 11.6 Å². The Morgan fingerprint density at radius 3 is 2.94 bits per heavy atom. The van der Waals surface area contributed by atoms with E-state index in [-0.39, 0.29) is 0 Å². The molecule has 86 valence electrons. The molecule has 4 nitrogen and oxygen atoms in total. The number of aromatic amines is 1. The summed E-state index contributed by atoms with van der Waals surface area (Å²) in [5.41, 5.74) is 0. The van der Waals surface area contributed by atoms with Crippen LogP contribution < -0.4 is 0 Å². The lowest BCUT2D eigenvalue weighted by Crippen LogP contribution is -2.08. The van der Waals surface area contributed by atoms with Crippen molar-refractivity contribution in [2.45, 2.75) is 49.5 Å². The van der Waals surface area contributed by atoms with Gasteiger partial charge < -0.3 is 0 Å². The van der Waals surface area contributed by atoms with Crippen LogP contribution in [0.5, 0.6) is 0 Å². The molecule has 0 saturated heterocycles. The van der Waals surface area contributed by atoms with Crippen molar-refractivity contribution in [2.75, 3.05) is 0 Å². The van der Waals surface area contributed by atoms with Crippen molar-refractivity contribution in [1.82, 2.24) is 15.2 Å². The largest absolute Gasteiger partial charge is 0.262 e. The first kappa shape index (κ1) is 11.5. The van der Waals surface area contributed by atoms with Crippen LogP contribution in [-0.2, 0) is 12.2 Å². The van der Waals surface area contributed by atoms with Crippen molar-refractivity contribution >= 4 is 11.8 Å². The normalized spacial score (nSPS) is 17.2. The molecule has 1 fully saturated rings. The van der Waals surface area contributed by atoms with E-state index in [1.54, 1.807) is 0 Å². The number of hydrogen-bond acceptors (Lipinski definition) is 4. The van der Waals surface area contributed by atoms with E-state index in [1.165, 1.54) is 32.1 Å². The van der Waals surface area contributed by atoms with Gasteiger partial charge >= 0.3 is 0 Å². The quantitative estimate of drug-likeness (QED) is 0.872. The first-order chi connectivity index (χ1) is 7.88. The number of thioether (sulfide) groups is 1. The van der Waals surface area contributed by atoms with Crippen molar-refractivity contribution < 1.29 is 0 Å². The molecule has 1 aliphatic rings. The Hall–Kier alpha value is -1.02. The summed E-state index contributed by atoms with van der Waals surface area (Å²) < 4.78 is 0. The molecule has 5 heteroatoms. The zero-order chi connectivity index (χ0) is 11.2. The number of aromatic nitrogens is 3. The zero-order valence-corrected chi connectivity index (χ0v) is 10.1. The fourth-order valence-corrected chi connectivity index (χ4v) is 3.17. The lowest BCUT2D eigenvalue weighted by molar-refractivity contribution is 0.516. The van der Waals surface area contributed by atoms with Crippen molar-refractivity contribution in [3.63, 3.8) is 0 Å². The Kier molecular flexibility index (Phi) is 4.23. The number of rotatable bonds is 4. The number of nitriles is 1. The summed E-state index contributed by atoms with van der Waals surface area (Å²) in [5.74, 6) is 2.41. The zero-order valence-electron chi connectivity index (χ0n) is 9.28. The van der Waals surface area contributed by atoms with E-state index in [4.69, 9.17) is 5.26 Å². The van der Waals surface area contributed by atoms with Gasteiger partial charge in [-0.1, -0.05) is 19.3 Å². The van der Waals surface area contributed by atoms with Gasteiger partial charge in [-0.3, -0.25) is 5.10 Å². The molecule has 1 saturated carbocycles. The standard InChI is InChI=1S/C11H16N4S/c12-7-6-10-13-11(15-14-10)8-16-9-4-2-1-3-5-9/h9H,1-6,8H2,(H,13,14,15). The van der Waals surface area contributed by atoms with Crippen LogP contribution in [0.1, 0.15) is 43.8 Å². The molecule has 0 unspecified atom stereocenters. The van der Waals surface area contributed by atoms with E-state index < -0.39 is 0 Å². The molecule has 1 aromatic rings. The highest BCUT2D eigenvalue weighted by Gasteiger charge is 2.14. The van der Waals surface area contributed by atoms with Crippen LogP contribution in [0.4, 0.5) is 0 Å². The molecular formula is C11H16N4S. The molecule has 0 radical (unpaired) electrons. The summed E-state index contributed by atoms with van der Waals surface area (Å²) in [6.07, 6.45) is 7.10. The van der Waals surface area contributed by atoms with Crippen LogP contribution >= 0.6 is 11.8 Å². The first-order valence-electron chi connectivity index (χ1n) is 5.77. The SMILES string of the molecule is N#CCc1n[nH]c(CSC2CCCCC2)n1. The minimum Gasteiger partial charge on any atom is -0.262 e. The van der Waals surface area contributed by atoms with Gasteiger partial charge in [-0.15, -0.1) is 0 Å². The summed E-state index contributed by atoms with van der Waals surface area (Å²) in [5, 5.41) is 16.2. The third kappa shape index (κ3) is 3.24. The Balaban J connectivity index is 1.77. The van der Waals surface area contributed by atoms with Gasteiger partial charge in [-0.25, -0.2) is 4.98 Å². The second-order valence-electron chi connectivity index (χ2n) is 4.10. The molecule has 1 N–H and O–H groups in total. The van der Waals surface area contributed by atoms with Crippen LogP contribution in [0.15, 0.2) is 0 Å². The monoisotopic (exact) mass is 236 g/mol. The van der Waals surface area contributed by atoms with Gasteiger partial charge in [0.1, 0.15) is 5.82 Å². The fourth-order valence-electron chi connectivity index (χ4n) is 1.98. The van der Waals surface area contributed by atoms with Crippen LogP contribution in [0.25, 0.3) is 0 Å². The molecule has 1 aromatic heterocycles. The number of hydrogen-bond donors (Lipinski definition) is 1. The van der Waals surface area contributed by atoms with E-state index in [9.17, 15) is 0 Å². The van der Waals surface area contributed by atoms with Gasteiger partial charge in [0.15, 0.2) is 5.82 Å². The van der Waals surface area contributed by atoms with Gasteiger partial charge in [0.05, 0.1) is 18.2 Å². The Bertz CT molecular complexity index is 362. The summed E-state index contributed by atoms with van der Waals surface area (Å²) >= 11 is 1.97. The minimum absolute atomic E-state index is 0.296. The van der Waals surface area contributed by atoms with Crippen LogP contribution in [0, 0.1) is 11.3 Å². The summed E-state index contributed by atoms with van der Waals surface area (Å²) in [7, 11) is 0. The molecule has 1 aliphatic carbocycles. The molecule has 0 bridgehead atoms. The maximum absolute atomic E-state index is 8.51. The summed E-state index contributed by atoms with van der Waals surface area (Å²) in [6, 6.07) is 2.05. The van der Waals surface area contributed by atoms with E-state index in [2.05, 4.69) is 21.3 Å². The Morgan fingerprint density at radius 2 is 2.19 bits per heavy atom. The first-order valence-corrected chi connectivity index (χ1v) is 6.82. The summed E-state index contributed by atoms with van der Waals surface area (Å²) in [4.78, 5) is 4.27. The van der Waals surface area contributed by atoms with E-state index >= 15 is 0 Å². The van der Waals surface area contributed by atoms with Gasteiger partial charge in [0.25, 0.3) is 0 Å². The third-order valence-electron chi connectivity index (χ3n) is 2.82.